The number of likely N-dealkylation sites (N-methyl/N-ethyl adjacent to an activating group) is 1. The lowest BCUT2D eigenvalue weighted by atomic mass is 10.1. The molecule has 0 radical (unpaired) electrons. The molecule has 1 atom stereocenters. The molecule has 1 heterocycles. The highest BCUT2D eigenvalue weighted by atomic mass is 32.2. The van der Waals surface area contributed by atoms with E-state index in [-0.39, 0.29) is 5.91 Å². The number of primary amides is 1. The smallest absolute Gasteiger partial charge is 0.238 e. The van der Waals surface area contributed by atoms with Crippen LogP contribution in [-0.2, 0) is 4.79 Å². The van der Waals surface area contributed by atoms with Gasteiger partial charge in [0.25, 0.3) is 0 Å². The van der Waals surface area contributed by atoms with E-state index >= 15 is 0 Å². The van der Waals surface area contributed by atoms with Gasteiger partial charge in [0.1, 0.15) is 5.54 Å². The van der Waals surface area contributed by atoms with Crippen LogP contribution in [-0.4, -0.2) is 34.2 Å². The van der Waals surface area contributed by atoms with E-state index in [1.54, 1.807) is 14.0 Å². The van der Waals surface area contributed by atoms with Crippen molar-refractivity contribution in [3.05, 3.63) is 17.5 Å². The molecule has 0 saturated heterocycles. The fraction of sp³-hybridized carbons (Fsp3) is 0.545. The third kappa shape index (κ3) is 3.67. The summed E-state index contributed by atoms with van der Waals surface area (Å²) in [5.74, 6) is 0.124. The van der Waals surface area contributed by atoms with Gasteiger partial charge in [-0.2, -0.15) is 0 Å². The molecule has 0 bridgehead atoms. The van der Waals surface area contributed by atoms with Crippen LogP contribution in [0.1, 0.15) is 18.3 Å². The quantitative estimate of drug-likeness (QED) is 0.595. The number of amides is 1. The van der Waals surface area contributed by atoms with Gasteiger partial charge in [0.15, 0.2) is 5.16 Å². The molecule has 1 rings (SSSR count). The minimum absolute atomic E-state index is 0.378. The molecule has 1 aromatic heterocycles. The van der Waals surface area contributed by atoms with Crippen LogP contribution in [0, 0.1) is 13.8 Å². The van der Waals surface area contributed by atoms with Crippen LogP contribution in [0.2, 0.25) is 0 Å². The number of aromatic nitrogens is 2. The summed E-state index contributed by atoms with van der Waals surface area (Å²) in [7, 11) is 1.72. The Morgan fingerprint density at radius 1 is 1.47 bits per heavy atom. The van der Waals surface area contributed by atoms with E-state index < -0.39 is 5.54 Å². The van der Waals surface area contributed by atoms with Crippen molar-refractivity contribution in [3.63, 3.8) is 0 Å². The molecule has 3 N–H and O–H groups in total. The molecule has 0 saturated carbocycles. The second-order valence-corrected chi connectivity index (χ2v) is 5.11. The second-order valence-electron chi connectivity index (χ2n) is 4.17. The van der Waals surface area contributed by atoms with Crippen molar-refractivity contribution in [2.24, 2.45) is 5.73 Å². The summed E-state index contributed by atoms with van der Waals surface area (Å²) in [6.45, 7) is 5.61. The molecular weight excluding hydrogens is 236 g/mol. The van der Waals surface area contributed by atoms with Crippen LogP contribution in [0.4, 0.5) is 0 Å². The van der Waals surface area contributed by atoms with Gasteiger partial charge < -0.3 is 11.1 Å². The van der Waals surface area contributed by atoms with Crippen LogP contribution >= 0.6 is 11.8 Å². The lowest BCUT2D eigenvalue weighted by Gasteiger charge is -2.24. The predicted octanol–water partition coefficient (Wildman–Crippen LogP) is 0.649. The van der Waals surface area contributed by atoms with Gasteiger partial charge in [0.05, 0.1) is 0 Å². The molecule has 1 aromatic rings. The molecule has 6 heteroatoms. The molecule has 1 amide bonds. The van der Waals surface area contributed by atoms with Crippen LogP contribution in [0.25, 0.3) is 0 Å². The van der Waals surface area contributed by atoms with Crippen molar-refractivity contribution < 1.29 is 4.79 Å². The summed E-state index contributed by atoms with van der Waals surface area (Å²) >= 11 is 1.42. The Hall–Kier alpha value is -1.14. The summed E-state index contributed by atoms with van der Waals surface area (Å²) in [6.07, 6.45) is 0. The van der Waals surface area contributed by atoms with E-state index in [0.717, 1.165) is 11.4 Å². The largest absolute Gasteiger partial charge is 0.368 e. The highest BCUT2D eigenvalue weighted by Gasteiger charge is 2.29. The van der Waals surface area contributed by atoms with E-state index in [2.05, 4.69) is 15.3 Å². The van der Waals surface area contributed by atoms with Crippen molar-refractivity contribution in [3.8, 4) is 0 Å². The van der Waals surface area contributed by atoms with Gasteiger partial charge in [-0.05, 0) is 33.9 Å². The summed E-state index contributed by atoms with van der Waals surface area (Å²) in [4.78, 5) is 19.9. The molecule has 1 unspecified atom stereocenters. The van der Waals surface area contributed by atoms with Gasteiger partial charge in [-0.3, -0.25) is 4.79 Å². The number of aryl methyl sites for hydroxylation is 2. The molecule has 0 fully saturated rings. The molecule has 0 aliphatic rings. The first kappa shape index (κ1) is 13.9. The van der Waals surface area contributed by atoms with Gasteiger partial charge in [-0.25, -0.2) is 9.97 Å². The summed E-state index contributed by atoms with van der Waals surface area (Å²) < 4.78 is 0. The molecular formula is C11H18N4OS. The Morgan fingerprint density at radius 2 is 2.00 bits per heavy atom. The zero-order valence-electron chi connectivity index (χ0n) is 10.6. The molecule has 0 aliphatic heterocycles. The lowest BCUT2D eigenvalue weighted by molar-refractivity contribution is -0.122. The highest BCUT2D eigenvalue weighted by molar-refractivity contribution is 7.99. The third-order valence-electron chi connectivity index (χ3n) is 2.55. The summed E-state index contributed by atoms with van der Waals surface area (Å²) in [5, 5.41) is 3.60. The normalized spacial score (nSPS) is 14.4. The average molecular weight is 254 g/mol. The minimum atomic E-state index is -0.744. The Morgan fingerprint density at radius 3 is 2.41 bits per heavy atom. The fourth-order valence-corrected chi connectivity index (χ4v) is 2.35. The number of rotatable bonds is 5. The second kappa shape index (κ2) is 5.46. The van der Waals surface area contributed by atoms with Crippen LogP contribution in [0.5, 0.6) is 0 Å². The Bertz CT molecular complexity index is 404. The first-order valence-electron chi connectivity index (χ1n) is 5.31. The van der Waals surface area contributed by atoms with Crippen LogP contribution in [0.3, 0.4) is 0 Å². The number of hydrogen-bond acceptors (Lipinski definition) is 5. The molecule has 94 valence electrons. The Balaban J connectivity index is 2.76. The SMILES string of the molecule is CNC(C)(CSc1nc(C)cc(C)n1)C(N)=O. The average Bonchev–Trinajstić information content (AvgIpc) is 2.24. The maximum absolute atomic E-state index is 11.3. The number of hydrogen-bond donors (Lipinski definition) is 2. The van der Waals surface area contributed by atoms with Gasteiger partial charge in [-0.15, -0.1) is 0 Å². The van der Waals surface area contributed by atoms with Crippen molar-refractivity contribution in [1.82, 2.24) is 15.3 Å². The number of nitrogens with zero attached hydrogens (tertiary/aromatic N) is 2. The minimum Gasteiger partial charge on any atom is -0.368 e. The van der Waals surface area contributed by atoms with Gasteiger partial charge in [0.2, 0.25) is 5.91 Å². The maximum atomic E-state index is 11.3. The number of thioether (sulfide) groups is 1. The van der Waals surface area contributed by atoms with E-state index in [0.29, 0.717) is 10.9 Å². The monoisotopic (exact) mass is 254 g/mol. The number of nitrogens with one attached hydrogen (secondary N) is 1. The zero-order valence-corrected chi connectivity index (χ0v) is 11.4. The number of carbonyl (C=O) groups is 1. The van der Waals surface area contributed by atoms with Crippen LogP contribution in [0.15, 0.2) is 11.2 Å². The fourth-order valence-electron chi connectivity index (χ4n) is 1.23. The Labute approximate surface area is 106 Å². The Kier molecular flexibility index (Phi) is 4.47. The van der Waals surface area contributed by atoms with Crippen molar-refractivity contribution in [2.75, 3.05) is 12.8 Å². The van der Waals surface area contributed by atoms with Crippen molar-refractivity contribution in [2.45, 2.75) is 31.5 Å². The third-order valence-corrected chi connectivity index (χ3v) is 3.71. The summed E-state index contributed by atoms with van der Waals surface area (Å²) in [5.41, 5.74) is 6.45. The standard InChI is InChI=1S/C11H18N4OS/c1-7-5-8(2)15-10(14-7)17-6-11(3,13-4)9(12)16/h5,13H,6H2,1-4H3,(H2,12,16). The van der Waals surface area contributed by atoms with E-state index in [1.807, 2.05) is 19.9 Å². The molecule has 0 spiro atoms. The van der Waals surface area contributed by atoms with E-state index in [1.165, 1.54) is 11.8 Å². The van der Waals surface area contributed by atoms with Crippen LogP contribution < -0.4 is 11.1 Å². The molecule has 0 aromatic carbocycles. The van der Waals surface area contributed by atoms with Gasteiger partial charge >= 0.3 is 0 Å². The van der Waals surface area contributed by atoms with Gasteiger partial charge in [-0.1, -0.05) is 11.8 Å². The maximum Gasteiger partial charge on any atom is 0.238 e. The van der Waals surface area contributed by atoms with Crippen molar-refractivity contribution >= 4 is 17.7 Å². The molecule has 17 heavy (non-hydrogen) atoms. The number of carbonyl (C=O) groups excluding carboxylic acids is 1. The van der Waals surface area contributed by atoms with E-state index in [4.69, 9.17) is 5.73 Å². The predicted molar refractivity (Wildman–Crippen MR) is 68.9 cm³/mol. The first-order valence-corrected chi connectivity index (χ1v) is 6.30. The zero-order chi connectivity index (χ0) is 13.1. The summed E-state index contributed by atoms with van der Waals surface area (Å²) in [6, 6.07) is 1.91. The first-order chi connectivity index (χ1) is 7.87. The van der Waals surface area contributed by atoms with Gasteiger partial charge in [0, 0.05) is 17.1 Å². The highest BCUT2D eigenvalue weighted by Crippen LogP contribution is 2.19. The van der Waals surface area contributed by atoms with Crippen molar-refractivity contribution in [1.29, 1.82) is 0 Å². The number of nitrogens with two attached hydrogens (primary N) is 1. The lowest BCUT2D eigenvalue weighted by Crippen LogP contribution is -2.53. The molecule has 5 nitrogen and oxygen atoms in total. The van der Waals surface area contributed by atoms with E-state index in [9.17, 15) is 4.79 Å². The topological polar surface area (TPSA) is 80.9 Å². The molecule has 0 aliphatic carbocycles.